The van der Waals surface area contributed by atoms with Crippen LogP contribution in [0.5, 0.6) is 0 Å². The van der Waals surface area contributed by atoms with Crippen molar-refractivity contribution in [3.8, 4) is 12.3 Å². The van der Waals surface area contributed by atoms with Gasteiger partial charge in [-0.15, -0.1) is 6.42 Å². The summed E-state index contributed by atoms with van der Waals surface area (Å²) in [5, 5.41) is 31.1. The molecule has 1 aliphatic carbocycles. The Balaban J connectivity index is 1.85. The van der Waals surface area contributed by atoms with Crippen molar-refractivity contribution in [2.24, 2.45) is 5.92 Å². The minimum absolute atomic E-state index is 0.0588. The number of anilines is 1. The molecule has 154 valence electrons. The van der Waals surface area contributed by atoms with E-state index in [0.717, 1.165) is 32.1 Å². The van der Waals surface area contributed by atoms with Crippen molar-refractivity contribution in [3.63, 3.8) is 0 Å². The van der Waals surface area contributed by atoms with Gasteiger partial charge in [0.25, 0.3) is 0 Å². The lowest BCUT2D eigenvalue weighted by atomic mass is 9.84. The van der Waals surface area contributed by atoms with Crippen molar-refractivity contribution in [2.75, 3.05) is 12.3 Å². The van der Waals surface area contributed by atoms with E-state index < -0.39 is 30.6 Å². The first-order valence-corrected chi connectivity index (χ1v) is 9.72. The van der Waals surface area contributed by atoms with Gasteiger partial charge in [0.15, 0.2) is 17.6 Å². The normalized spacial score (nSPS) is 30.5. The summed E-state index contributed by atoms with van der Waals surface area (Å²) in [6, 6.07) is 0. The largest absolute Gasteiger partial charge is 0.394 e. The molecule has 2 aromatic heterocycles. The molecule has 0 unspecified atom stereocenters. The molecule has 0 spiro atoms. The number of nitrogens with zero attached hydrogens (tertiary/aromatic N) is 3. The Labute approximate surface area is 167 Å². The van der Waals surface area contributed by atoms with Gasteiger partial charge in [0.05, 0.1) is 12.0 Å². The van der Waals surface area contributed by atoms with Gasteiger partial charge in [-0.2, -0.15) is 0 Å². The predicted octanol–water partition coefficient (Wildman–Crippen LogP) is 0.391. The summed E-state index contributed by atoms with van der Waals surface area (Å²) in [4.78, 5) is 21.5. The molecule has 0 aromatic carbocycles. The van der Waals surface area contributed by atoms with Crippen LogP contribution in [-0.4, -0.2) is 60.1 Å². The molecule has 2 aromatic rings. The highest BCUT2D eigenvalue weighted by Crippen LogP contribution is 2.41. The zero-order valence-corrected chi connectivity index (χ0v) is 15.9. The number of nitrogen functional groups attached to an aromatic ring is 1. The van der Waals surface area contributed by atoms with Gasteiger partial charge in [-0.1, -0.05) is 25.2 Å². The molecule has 0 bridgehead atoms. The van der Waals surface area contributed by atoms with Crippen LogP contribution in [0.4, 0.5) is 5.82 Å². The van der Waals surface area contributed by atoms with E-state index in [-0.39, 0.29) is 23.2 Å². The van der Waals surface area contributed by atoms with Crippen molar-refractivity contribution in [3.05, 3.63) is 18.1 Å². The van der Waals surface area contributed by atoms with Crippen LogP contribution in [0.25, 0.3) is 11.0 Å². The number of hydrogen-bond acceptors (Lipinski definition) is 8. The number of carbonyl (C=O) groups excluding carboxylic acids is 1. The molecule has 4 atom stereocenters. The van der Waals surface area contributed by atoms with Crippen molar-refractivity contribution >= 4 is 22.6 Å². The van der Waals surface area contributed by atoms with E-state index in [0.29, 0.717) is 10.9 Å². The Kier molecular flexibility index (Phi) is 5.04. The van der Waals surface area contributed by atoms with Crippen LogP contribution < -0.4 is 5.73 Å². The van der Waals surface area contributed by atoms with Crippen LogP contribution >= 0.6 is 0 Å². The molecule has 9 heteroatoms. The lowest BCUT2D eigenvalue weighted by Crippen LogP contribution is -2.45. The monoisotopic (exact) mass is 400 g/mol. The van der Waals surface area contributed by atoms with Crippen LogP contribution in [0.15, 0.2) is 12.5 Å². The SMILES string of the molecule is C#C[C@@]1(O)[C@H](O)[C@@H](CO)O[C@H]1n1cc(C(=O)C2CCCCC2)c2c(N)ncnc21. The van der Waals surface area contributed by atoms with E-state index in [1.54, 1.807) is 0 Å². The number of rotatable bonds is 4. The Morgan fingerprint density at radius 2 is 2.10 bits per heavy atom. The molecule has 0 amide bonds. The number of terminal acetylenes is 1. The lowest BCUT2D eigenvalue weighted by molar-refractivity contribution is -0.0718. The van der Waals surface area contributed by atoms with E-state index in [9.17, 15) is 20.1 Å². The van der Waals surface area contributed by atoms with Crippen LogP contribution in [-0.2, 0) is 4.74 Å². The van der Waals surface area contributed by atoms with Crippen LogP contribution in [0.2, 0.25) is 0 Å². The van der Waals surface area contributed by atoms with E-state index >= 15 is 0 Å². The number of aliphatic hydroxyl groups is 3. The molecule has 0 radical (unpaired) electrons. The lowest BCUT2D eigenvalue weighted by Gasteiger charge is -2.26. The molecule has 3 heterocycles. The molecule has 2 fully saturated rings. The van der Waals surface area contributed by atoms with Crippen LogP contribution in [0.1, 0.15) is 48.7 Å². The molecular formula is C20H24N4O5. The van der Waals surface area contributed by atoms with Crippen molar-refractivity contribution < 1.29 is 24.9 Å². The smallest absolute Gasteiger partial charge is 0.199 e. The molecule has 1 saturated carbocycles. The van der Waals surface area contributed by atoms with Crippen molar-refractivity contribution in [1.82, 2.24) is 14.5 Å². The maximum atomic E-state index is 13.3. The number of ketones is 1. The number of hydrogen-bond donors (Lipinski definition) is 4. The second kappa shape index (κ2) is 7.39. The Hall–Kier alpha value is -2.51. The quantitative estimate of drug-likeness (QED) is 0.426. The molecule has 4 rings (SSSR count). The summed E-state index contributed by atoms with van der Waals surface area (Å²) >= 11 is 0. The Morgan fingerprint density at radius 3 is 2.76 bits per heavy atom. The van der Waals surface area contributed by atoms with E-state index in [4.69, 9.17) is 16.9 Å². The maximum Gasteiger partial charge on any atom is 0.199 e. The number of aromatic nitrogens is 3. The first kappa shape index (κ1) is 19.8. The average Bonchev–Trinajstić information content (AvgIpc) is 3.25. The van der Waals surface area contributed by atoms with E-state index in [1.165, 1.54) is 17.1 Å². The first-order valence-electron chi connectivity index (χ1n) is 9.72. The molecule has 5 N–H and O–H groups in total. The van der Waals surface area contributed by atoms with E-state index in [1.807, 2.05) is 0 Å². The van der Waals surface area contributed by atoms with Crippen LogP contribution in [0.3, 0.4) is 0 Å². The highest BCUT2D eigenvalue weighted by atomic mass is 16.6. The van der Waals surface area contributed by atoms with Gasteiger partial charge in [0, 0.05) is 17.7 Å². The average molecular weight is 400 g/mol. The summed E-state index contributed by atoms with van der Waals surface area (Å²) < 4.78 is 7.06. The third-order valence-corrected chi connectivity index (χ3v) is 6.03. The van der Waals surface area contributed by atoms with Gasteiger partial charge >= 0.3 is 0 Å². The fourth-order valence-corrected chi connectivity index (χ4v) is 4.41. The summed E-state index contributed by atoms with van der Waals surface area (Å²) in [5.41, 5.74) is 4.55. The van der Waals surface area contributed by atoms with Gasteiger partial charge in [-0.3, -0.25) is 4.79 Å². The number of nitrogens with two attached hydrogens (primary N) is 1. The molecule has 29 heavy (non-hydrogen) atoms. The highest BCUT2D eigenvalue weighted by molar-refractivity contribution is 6.11. The summed E-state index contributed by atoms with van der Waals surface area (Å²) in [6.07, 6.45) is 9.10. The Morgan fingerprint density at radius 1 is 1.38 bits per heavy atom. The number of ether oxygens (including phenoxy) is 1. The number of Topliss-reactive ketones (excluding diaryl/α,β-unsaturated/α-hetero) is 1. The highest BCUT2D eigenvalue weighted by Gasteiger charge is 2.56. The predicted molar refractivity (Wildman–Crippen MR) is 104 cm³/mol. The number of carbonyl (C=O) groups is 1. The fraction of sp³-hybridized carbons (Fsp3) is 0.550. The Bertz CT molecular complexity index is 977. The van der Waals surface area contributed by atoms with Crippen molar-refractivity contribution in [1.29, 1.82) is 0 Å². The molecule has 1 aliphatic heterocycles. The summed E-state index contributed by atoms with van der Waals surface area (Å²) in [7, 11) is 0. The topological polar surface area (TPSA) is 144 Å². The molecular weight excluding hydrogens is 376 g/mol. The van der Waals surface area contributed by atoms with Crippen molar-refractivity contribution in [2.45, 2.75) is 56.1 Å². The second-order valence-electron chi connectivity index (χ2n) is 7.73. The number of aliphatic hydroxyl groups excluding tert-OH is 2. The van der Waals surface area contributed by atoms with Gasteiger partial charge in [-0.05, 0) is 12.8 Å². The summed E-state index contributed by atoms with van der Waals surface area (Å²) in [5.74, 6) is 2.13. The fourth-order valence-electron chi connectivity index (χ4n) is 4.41. The maximum absolute atomic E-state index is 13.3. The van der Waals surface area contributed by atoms with Crippen LogP contribution in [0, 0.1) is 18.3 Å². The summed E-state index contributed by atoms with van der Waals surface area (Å²) in [6.45, 7) is -0.536. The molecule has 2 aliphatic rings. The zero-order chi connectivity index (χ0) is 20.8. The van der Waals surface area contributed by atoms with E-state index in [2.05, 4.69) is 15.9 Å². The van der Waals surface area contributed by atoms with Gasteiger partial charge in [-0.25, -0.2) is 9.97 Å². The minimum atomic E-state index is -2.12. The first-order chi connectivity index (χ1) is 13.9. The van der Waals surface area contributed by atoms with Gasteiger partial charge in [0.1, 0.15) is 30.0 Å². The number of fused-ring (bicyclic) bond motifs is 1. The standard InChI is InChI=1S/C20H24N4O5/c1-2-20(28)16(27)13(9-25)29-19(20)24-8-12(14-17(21)22-10-23-18(14)24)15(26)11-6-4-3-5-7-11/h1,8,10-11,13,16,19,25,27-28H,3-7,9H2,(H2,21,22,23)/t13-,16-,19-,20-/m1/s1. The van der Waals surface area contributed by atoms with Gasteiger partial charge in [0.2, 0.25) is 0 Å². The molecule has 1 saturated heterocycles. The third-order valence-electron chi connectivity index (χ3n) is 6.03. The zero-order valence-electron chi connectivity index (χ0n) is 15.9. The van der Waals surface area contributed by atoms with Gasteiger partial charge < -0.3 is 30.4 Å². The third kappa shape index (κ3) is 3.00. The molecule has 9 nitrogen and oxygen atoms in total. The minimum Gasteiger partial charge on any atom is -0.394 e. The second-order valence-corrected chi connectivity index (χ2v) is 7.73.